The molecule has 0 saturated carbocycles. The molecule has 3 aromatic heterocycles. The number of aromatic nitrogens is 6. The van der Waals surface area contributed by atoms with Crippen LogP contribution in [0.3, 0.4) is 0 Å². The third-order valence-electron chi connectivity index (χ3n) is 5.12. The summed E-state index contributed by atoms with van der Waals surface area (Å²) in [5.41, 5.74) is 2.23. The van der Waals surface area contributed by atoms with Crippen LogP contribution in [0.4, 0.5) is 11.6 Å². The van der Waals surface area contributed by atoms with E-state index in [1.807, 2.05) is 29.9 Å². The first-order chi connectivity index (χ1) is 14.8. The summed E-state index contributed by atoms with van der Waals surface area (Å²) in [6.07, 6.45) is 5.25. The summed E-state index contributed by atoms with van der Waals surface area (Å²) < 4.78 is 1.81. The van der Waals surface area contributed by atoms with E-state index in [1.165, 1.54) is 5.56 Å². The zero-order valence-electron chi connectivity index (χ0n) is 16.7. The minimum atomic E-state index is 0.640. The van der Waals surface area contributed by atoms with Crippen molar-refractivity contribution in [2.75, 3.05) is 36.0 Å². The second-order valence-corrected chi connectivity index (χ2v) is 8.19. The maximum Gasteiger partial charge on any atom is 0.254 e. The highest BCUT2D eigenvalue weighted by molar-refractivity contribution is 7.98. The maximum atomic E-state index is 4.84. The van der Waals surface area contributed by atoms with E-state index < -0.39 is 0 Å². The quantitative estimate of drug-likeness (QED) is 0.458. The van der Waals surface area contributed by atoms with E-state index in [1.54, 1.807) is 18.1 Å². The number of aryl methyl sites for hydroxylation is 1. The van der Waals surface area contributed by atoms with Crippen molar-refractivity contribution in [3.05, 3.63) is 66.4 Å². The molecule has 9 heteroatoms. The topological polar surface area (TPSA) is 75.3 Å². The second-order valence-electron chi connectivity index (χ2n) is 7.19. The normalized spacial score (nSPS) is 14.4. The monoisotopic (exact) mass is 418 g/mol. The minimum absolute atomic E-state index is 0.640. The molecule has 8 nitrogen and oxygen atoms in total. The Labute approximate surface area is 179 Å². The van der Waals surface area contributed by atoms with Gasteiger partial charge in [0.25, 0.3) is 5.78 Å². The van der Waals surface area contributed by atoms with Gasteiger partial charge >= 0.3 is 0 Å². The molecule has 30 heavy (non-hydrogen) atoms. The molecule has 0 radical (unpaired) electrons. The number of nitrogens with zero attached hydrogens (tertiary/aromatic N) is 8. The fourth-order valence-corrected chi connectivity index (χ4v) is 4.39. The fraction of sp³-hybridized carbons (Fsp3) is 0.286. The number of hydrogen-bond acceptors (Lipinski definition) is 8. The van der Waals surface area contributed by atoms with Crippen molar-refractivity contribution in [3.63, 3.8) is 0 Å². The highest BCUT2D eigenvalue weighted by atomic mass is 32.2. The molecule has 1 fully saturated rings. The zero-order valence-corrected chi connectivity index (χ0v) is 17.5. The molecule has 152 valence electrons. The molecule has 0 atom stereocenters. The first kappa shape index (κ1) is 18.8. The first-order valence-electron chi connectivity index (χ1n) is 9.92. The van der Waals surface area contributed by atoms with Crippen molar-refractivity contribution in [2.45, 2.75) is 17.7 Å². The number of anilines is 2. The van der Waals surface area contributed by atoms with Crippen LogP contribution in [0.5, 0.6) is 0 Å². The molecular formula is C21H22N8S. The van der Waals surface area contributed by atoms with E-state index in [0.29, 0.717) is 5.78 Å². The van der Waals surface area contributed by atoms with Gasteiger partial charge in [-0.3, -0.25) is 4.98 Å². The molecule has 0 N–H and O–H groups in total. The van der Waals surface area contributed by atoms with Crippen LogP contribution in [-0.2, 0) is 5.75 Å². The van der Waals surface area contributed by atoms with Crippen molar-refractivity contribution < 1.29 is 0 Å². The summed E-state index contributed by atoms with van der Waals surface area (Å²) >= 11 is 1.72. The van der Waals surface area contributed by atoms with Gasteiger partial charge in [0.05, 0.1) is 12.4 Å². The lowest BCUT2D eigenvalue weighted by Gasteiger charge is -2.36. The number of piperazine rings is 1. The Balaban J connectivity index is 1.26. The van der Waals surface area contributed by atoms with E-state index in [9.17, 15) is 0 Å². The Morgan fingerprint density at radius 1 is 0.967 bits per heavy atom. The van der Waals surface area contributed by atoms with Crippen LogP contribution in [0.2, 0.25) is 0 Å². The molecule has 0 spiro atoms. The van der Waals surface area contributed by atoms with Crippen molar-refractivity contribution in [1.29, 1.82) is 0 Å². The van der Waals surface area contributed by atoms with Crippen LogP contribution < -0.4 is 9.80 Å². The summed E-state index contributed by atoms with van der Waals surface area (Å²) in [6.45, 7) is 5.49. The zero-order chi connectivity index (χ0) is 20.3. The molecule has 4 heterocycles. The summed E-state index contributed by atoms with van der Waals surface area (Å²) in [4.78, 5) is 22.5. The Kier molecular flexibility index (Phi) is 5.18. The van der Waals surface area contributed by atoms with Gasteiger partial charge in [0, 0.05) is 43.7 Å². The van der Waals surface area contributed by atoms with E-state index >= 15 is 0 Å². The molecular weight excluding hydrogens is 396 g/mol. The third-order valence-corrected chi connectivity index (χ3v) is 6.09. The molecule has 4 aromatic rings. The lowest BCUT2D eigenvalue weighted by atomic mass is 10.2. The predicted octanol–water partition coefficient (Wildman–Crippen LogP) is 2.84. The first-order valence-corrected chi connectivity index (χ1v) is 10.9. The average molecular weight is 419 g/mol. The Morgan fingerprint density at radius 2 is 1.77 bits per heavy atom. The molecule has 1 aliphatic heterocycles. The van der Waals surface area contributed by atoms with Gasteiger partial charge in [-0.1, -0.05) is 30.3 Å². The van der Waals surface area contributed by atoms with Crippen LogP contribution in [-0.4, -0.2) is 55.7 Å². The van der Waals surface area contributed by atoms with Gasteiger partial charge in [0.2, 0.25) is 0 Å². The summed E-state index contributed by atoms with van der Waals surface area (Å²) in [5, 5.41) is 5.28. The highest BCUT2D eigenvalue weighted by Crippen LogP contribution is 2.24. The molecule has 0 unspecified atom stereocenters. The van der Waals surface area contributed by atoms with Gasteiger partial charge in [-0.25, -0.2) is 9.97 Å². The van der Waals surface area contributed by atoms with Gasteiger partial charge in [-0.2, -0.15) is 14.6 Å². The maximum absolute atomic E-state index is 4.84. The van der Waals surface area contributed by atoms with Crippen molar-refractivity contribution >= 4 is 29.2 Å². The molecule has 0 amide bonds. The Hall–Kier alpha value is -3.20. The lowest BCUT2D eigenvalue weighted by Crippen LogP contribution is -2.47. The van der Waals surface area contributed by atoms with Gasteiger partial charge < -0.3 is 9.80 Å². The van der Waals surface area contributed by atoms with E-state index in [4.69, 9.17) is 4.98 Å². The van der Waals surface area contributed by atoms with E-state index in [-0.39, 0.29) is 0 Å². The number of rotatable bonds is 5. The molecule has 1 aromatic carbocycles. The molecule has 1 saturated heterocycles. The largest absolute Gasteiger partial charge is 0.353 e. The minimum Gasteiger partial charge on any atom is -0.353 e. The lowest BCUT2D eigenvalue weighted by molar-refractivity contribution is 0.630. The van der Waals surface area contributed by atoms with Crippen LogP contribution in [0, 0.1) is 6.92 Å². The number of thioether (sulfide) groups is 1. The SMILES string of the molecule is Cc1cc(N2CCN(c3cncc(SCc4ccccc4)n3)CC2)n2ncnc2n1. The van der Waals surface area contributed by atoms with Gasteiger partial charge in [0.15, 0.2) is 0 Å². The predicted molar refractivity (Wildman–Crippen MR) is 118 cm³/mol. The summed E-state index contributed by atoms with van der Waals surface area (Å²) in [7, 11) is 0. The van der Waals surface area contributed by atoms with Crippen molar-refractivity contribution in [1.82, 2.24) is 29.5 Å². The smallest absolute Gasteiger partial charge is 0.254 e. The summed E-state index contributed by atoms with van der Waals surface area (Å²) in [5.74, 6) is 3.50. The molecule has 0 bridgehead atoms. The summed E-state index contributed by atoms with van der Waals surface area (Å²) in [6, 6.07) is 12.5. The average Bonchev–Trinajstić information content (AvgIpc) is 3.27. The van der Waals surface area contributed by atoms with Crippen LogP contribution >= 0.6 is 11.8 Å². The molecule has 1 aliphatic rings. The van der Waals surface area contributed by atoms with Crippen LogP contribution in [0.1, 0.15) is 11.3 Å². The molecule has 5 rings (SSSR count). The second kappa shape index (κ2) is 8.27. The van der Waals surface area contributed by atoms with E-state index in [0.717, 1.165) is 54.3 Å². The van der Waals surface area contributed by atoms with Crippen LogP contribution in [0.15, 0.2) is 60.1 Å². The Bertz CT molecular complexity index is 1140. The Morgan fingerprint density at radius 3 is 2.60 bits per heavy atom. The van der Waals surface area contributed by atoms with Gasteiger partial charge in [0.1, 0.15) is 23.0 Å². The number of hydrogen-bond donors (Lipinski definition) is 0. The number of benzene rings is 1. The van der Waals surface area contributed by atoms with Crippen molar-refractivity contribution in [2.24, 2.45) is 0 Å². The highest BCUT2D eigenvalue weighted by Gasteiger charge is 2.21. The van der Waals surface area contributed by atoms with Gasteiger partial charge in [-0.15, -0.1) is 11.8 Å². The van der Waals surface area contributed by atoms with Gasteiger partial charge in [-0.05, 0) is 12.5 Å². The fourth-order valence-electron chi connectivity index (χ4n) is 3.59. The third kappa shape index (κ3) is 3.93. The standard InChI is InChI=1S/C21H22N8S/c1-16-11-20(29-21(25-16)23-15-24-29)28-9-7-27(8-10-28)18-12-22-13-19(26-18)30-14-17-5-3-2-4-6-17/h2-6,11-13,15H,7-10,14H2,1H3. The number of fused-ring (bicyclic) bond motifs is 1. The van der Waals surface area contributed by atoms with Crippen LogP contribution in [0.25, 0.3) is 5.78 Å². The van der Waals surface area contributed by atoms with Crippen molar-refractivity contribution in [3.8, 4) is 0 Å². The molecule has 0 aliphatic carbocycles. The van der Waals surface area contributed by atoms with E-state index in [2.05, 4.69) is 60.2 Å².